The molecule has 0 saturated heterocycles. The van der Waals surface area contributed by atoms with Crippen molar-refractivity contribution in [2.24, 2.45) is 5.73 Å². The Morgan fingerprint density at radius 2 is 1.79 bits per heavy atom. The van der Waals surface area contributed by atoms with E-state index in [4.69, 9.17) is 10.7 Å². The maximum absolute atomic E-state index is 13.8. The molecule has 4 rings (SSSR count). The fourth-order valence-corrected chi connectivity index (χ4v) is 4.35. The lowest BCUT2D eigenvalue weighted by Gasteiger charge is -2.42. The van der Waals surface area contributed by atoms with Crippen molar-refractivity contribution in [1.29, 1.82) is 0 Å². The third-order valence-corrected chi connectivity index (χ3v) is 5.97. The molecule has 3 aromatic rings. The second-order valence-corrected chi connectivity index (χ2v) is 9.21. The van der Waals surface area contributed by atoms with E-state index in [2.05, 4.69) is 4.57 Å². The number of carbonyl (C=O) groups excluding carboxylic acids is 1. The van der Waals surface area contributed by atoms with E-state index < -0.39 is 17.2 Å². The van der Waals surface area contributed by atoms with E-state index in [1.807, 2.05) is 40.7 Å². The number of hydrogen-bond donors (Lipinski definition) is 1. The molecule has 1 aliphatic heterocycles. The first-order valence-electron chi connectivity index (χ1n) is 11.3. The smallest absolute Gasteiger partial charge is 0.237 e. The van der Waals surface area contributed by atoms with Gasteiger partial charge in [-0.2, -0.15) is 0 Å². The van der Waals surface area contributed by atoms with Crippen LogP contribution in [0.2, 0.25) is 0 Å². The van der Waals surface area contributed by atoms with Crippen molar-refractivity contribution in [3.63, 3.8) is 0 Å². The van der Waals surface area contributed by atoms with Gasteiger partial charge in [0.15, 0.2) is 11.6 Å². The van der Waals surface area contributed by atoms with E-state index in [-0.39, 0.29) is 24.2 Å². The zero-order valence-electron chi connectivity index (χ0n) is 20.2. The Bertz CT molecular complexity index is 1170. The van der Waals surface area contributed by atoms with Crippen LogP contribution in [-0.2, 0) is 16.9 Å². The summed E-state index contributed by atoms with van der Waals surface area (Å²) in [4.78, 5) is 18.7. The molecule has 1 aliphatic rings. The van der Waals surface area contributed by atoms with E-state index in [1.54, 1.807) is 11.0 Å². The number of imidazole rings is 1. The minimum Gasteiger partial charge on any atom is -0.327 e. The summed E-state index contributed by atoms with van der Waals surface area (Å²) in [5, 5.41) is 0. The standard InChI is InChI=1S/C19H24F2N4O.C7H7F/c1-11(2)17-16(12-5-6-13(20)14(21)9-12)23-18-19(3,4)25(15(26)10-22)8-7-24(17)18;1-6-3-2-4-7(8)5-6/h5-6,9,11H,7-8,10,22H2,1-4H3;2-5H,1H3. The van der Waals surface area contributed by atoms with Crippen LogP contribution in [0.15, 0.2) is 42.5 Å². The summed E-state index contributed by atoms with van der Waals surface area (Å²) in [5.41, 5.74) is 7.99. The van der Waals surface area contributed by atoms with Crippen molar-refractivity contribution in [2.75, 3.05) is 13.1 Å². The molecular weight excluding hydrogens is 441 g/mol. The lowest BCUT2D eigenvalue weighted by atomic mass is 9.98. The van der Waals surface area contributed by atoms with Crippen molar-refractivity contribution in [3.8, 4) is 11.3 Å². The van der Waals surface area contributed by atoms with Gasteiger partial charge in [-0.25, -0.2) is 18.2 Å². The second kappa shape index (κ2) is 10.0. The monoisotopic (exact) mass is 472 g/mol. The Kier molecular flexibility index (Phi) is 7.51. The first kappa shape index (κ1) is 25.5. The van der Waals surface area contributed by atoms with Crippen molar-refractivity contribution < 1.29 is 18.0 Å². The Morgan fingerprint density at radius 1 is 1.09 bits per heavy atom. The highest BCUT2D eigenvalue weighted by Crippen LogP contribution is 2.38. The summed E-state index contributed by atoms with van der Waals surface area (Å²) in [6.07, 6.45) is 0. The molecule has 0 fully saturated rings. The summed E-state index contributed by atoms with van der Waals surface area (Å²) in [6.45, 7) is 10.9. The number of nitrogens with zero attached hydrogens (tertiary/aromatic N) is 3. The van der Waals surface area contributed by atoms with Gasteiger partial charge >= 0.3 is 0 Å². The largest absolute Gasteiger partial charge is 0.327 e. The second-order valence-electron chi connectivity index (χ2n) is 9.21. The number of fused-ring (bicyclic) bond motifs is 1. The molecule has 0 saturated carbocycles. The van der Waals surface area contributed by atoms with Gasteiger partial charge < -0.3 is 15.2 Å². The fourth-order valence-electron chi connectivity index (χ4n) is 4.35. The average molecular weight is 473 g/mol. The number of aromatic nitrogens is 2. The number of benzene rings is 2. The van der Waals surface area contributed by atoms with E-state index in [9.17, 15) is 18.0 Å². The number of amides is 1. The number of halogens is 3. The Hall–Kier alpha value is -3.13. The molecular formula is C26H31F3N4O. The van der Waals surface area contributed by atoms with Crippen LogP contribution in [0.4, 0.5) is 13.2 Å². The third kappa shape index (κ3) is 5.01. The maximum atomic E-state index is 13.8. The Labute approximate surface area is 198 Å². The Morgan fingerprint density at radius 3 is 2.32 bits per heavy atom. The minimum absolute atomic E-state index is 0.0583. The molecule has 2 N–H and O–H groups in total. The molecule has 1 amide bonds. The average Bonchev–Trinajstić information content (AvgIpc) is 3.17. The molecule has 34 heavy (non-hydrogen) atoms. The topological polar surface area (TPSA) is 64.2 Å². The summed E-state index contributed by atoms with van der Waals surface area (Å²) < 4.78 is 41.4. The number of carbonyl (C=O) groups is 1. The third-order valence-electron chi connectivity index (χ3n) is 5.97. The lowest BCUT2D eigenvalue weighted by molar-refractivity contribution is -0.137. The van der Waals surface area contributed by atoms with Gasteiger partial charge in [0.1, 0.15) is 11.6 Å². The number of nitrogens with two attached hydrogens (primary N) is 1. The van der Waals surface area contributed by atoms with Crippen LogP contribution >= 0.6 is 0 Å². The van der Waals surface area contributed by atoms with Gasteiger partial charge in [-0.1, -0.05) is 26.0 Å². The van der Waals surface area contributed by atoms with Crippen LogP contribution in [0.5, 0.6) is 0 Å². The number of hydrogen-bond acceptors (Lipinski definition) is 3. The fraction of sp³-hybridized carbons (Fsp3) is 0.385. The Balaban J connectivity index is 0.000000343. The molecule has 5 nitrogen and oxygen atoms in total. The molecule has 0 atom stereocenters. The van der Waals surface area contributed by atoms with E-state index >= 15 is 0 Å². The van der Waals surface area contributed by atoms with Crippen molar-refractivity contribution >= 4 is 5.91 Å². The highest BCUT2D eigenvalue weighted by molar-refractivity contribution is 5.79. The predicted molar refractivity (Wildman–Crippen MR) is 127 cm³/mol. The summed E-state index contributed by atoms with van der Waals surface area (Å²) in [6, 6.07) is 10.3. The molecule has 0 unspecified atom stereocenters. The van der Waals surface area contributed by atoms with Gasteiger partial charge in [-0.3, -0.25) is 4.79 Å². The van der Waals surface area contributed by atoms with Crippen molar-refractivity contribution in [1.82, 2.24) is 14.5 Å². The SMILES string of the molecule is CC(C)c1c(-c2ccc(F)c(F)c2)nc2n1CCN(C(=O)CN)C2(C)C.Cc1cccc(F)c1. The summed E-state index contributed by atoms with van der Waals surface area (Å²) >= 11 is 0. The van der Waals surface area contributed by atoms with E-state index in [1.165, 1.54) is 24.3 Å². The van der Waals surface area contributed by atoms with Crippen molar-refractivity contribution in [3.05, 3.63) is 77.0 Å². The molecule has 8 heteroatoms. The minimum atomic E-state index is -0.901. The quantitative estimate of drug-likeness (QED) is 0.575. The lowest BCUT2D eigenvalue weighted by Crippen LogP contribution is -2.53. The first-order valence-corrected chi connectivity index (χ1v) is 11.3. The molecule has 0 bridgehead atoms. The first-order chi connectivity index (χ1) is 16.0. The molecule has 2 aromatic carbocycles. The molecule has 2 heterocycles. The highest BCUT2D eigenvalue weighted by atomic mass is 19.2. The highest BCUT2D eigenvalue weighted by Gasteiger charge is 2.41. The molecule has 182 valence electrons. The van der Waals surface area contributed by atoms with Gasteiger partial charge in [0.25, 0.3) is 0 Å². The number of aryl methyl sites for hydroxylation is 1. The van der Waals surface area contributed by atoms with Gasteiger partial charge in [0, 0.05) is 24.3 Å². The molecule has 0 aliphatic carbocycles. The van der Waals surface area contributed by atoms with Crippen LogP contribution in [0.3, 0.4) is 0 Å². The van der Waals surface area contributed by atoms with Crippen LogP contribution in [0.1, 0.15) is 50.7 Å². The van der Waals surface area contributed by atoms with Crippen LogP contribution in [-0.4, -0.2) is 33.4 Å². The normalized spacial score (nSPS) is 14.5. The van der Waals surface area contributed by atoms with E-state index in [0.29, 0.717) is 24.3 Å². The predicted octanol–water partition coefficient (Wildman–Crippen LogP) is 5.12. The van der Waals surface area contributed by atoms with Gasteiger partial charge in [-0.15, -0.1) is 0 Å². The number of rotatable bonds is 3. The molecule has 0 radical (unpaired) electrons. The van der Waals surface area contributed by atoms with Crippen LogP contribution in [0.25, 0.3) is 11.3 Å². The molecule has 0 spiro atoms. The van der Waals surface area contributed by atoms with Gasteiger partial charge in [0.05, 0.1) is 17.8 Å². The van der Waals surface area contributed by atoms with Crippen LogP contribution < -0.4 is 5.73 Å². The van der Waals surface area contributed by atoms with Crippen molar-refractivity contribution in [2.45, 2.75) is 52.6 Å². The van der Waals surface area contributed by atoms with E-state index in [0.717, 1.165) is 23.1 Å². The molecule has 1 aromatic heterocycles. The zero-order valence-corrected chi connectivity index (χ0v) is 20.2. The summed E-state index contributed by atoms with van der Waals surface area (Å²) in [5.74, 6) is -1.22. The maximum Gasteiger partial charge on any atom is 0.237 e. The van der Waals surface area contributed by atoms with Gasteiger partial charge in [0.2, 0.25) is 5.91 Å². The van der Waals surface area contributed by atoms with Crippen LogP contribution in [0, 0.1) is 24.4 Å². The zero-order chi connectivity index (χ0) is 25.2. The summed E-state index contributed by atoms with van der Waals surface area (Å²) in [7, 11) is 0. The van der Waals surface area contributed by atoms with Gasteiger partial charge in [-0.05, 0) is 62.6 Å².